The zero-order valence-corrected chi connectivity index (χ0v) is 11.6. The lowest BCUT2D eigenvalue weighted by molar-refractivity contribution is 0.479. The molecule has 0 saturated heterocycles. The fourth-order valence-electron chi connectivity index (χ4n) is 1.60. The molecule has 2 rings (SSSR count). The fourth-order valence-corrected chi connectivity index (χ4v) is 2.19. The molecule has 0 aliphatic rings. The summed E-state index contributed by atoms with van der Waals surface area (Å²) in [5, 5.41) is 0.807. The van der Waals surface area contributed by atoms with E-state index < -0.39 is 0 Å². The number of rotatable bonds is 2. The Morgan fingerprint density at radius 2 is 1.61 bits per heavy atom. The summed E-state index contributed by atoms with van der Waals surface area (Å²) in [6.07, 6.45) is 0. The first-order valence-corrected chi connectivity index (χ1v) is 6.22. The molecule has 2 aromatic rings. The van der Waals surface area contributed by atoms with Gasteiger partial charge in [0, 0.05) is 5.69 Å². The molecule has 0 amide bonds. The third-order valence-electron chi connectivity index (χ3n) is 2.58. The van der Waals surface area contributed by atoms with Crippen LogP contribution in [0.5, 0.6) is 11.5 Å². The second-order valence-electron chi connectivity index (χ2n) is 4.18. The molecule has 18 heavy (non-hydrogen) atoms. The number of ether oxygens (including phenoxy) is 1. The van der Waals surface area contributed by atoms with Crippen molar-refractivity contribution in [1.82, 2.24) is 0 Å². The number of hydrogen-bond acceptors (Lipinski definition) is 2. The molecule has 2 nitrogen and oxygen atoms in total. The number of nitrogen functional groups attached to an aromatic ring is 1. The Balaban J connectivity index is 2.43. The van der Waals surface area contributed by atoms with Gasteiger partial charge in [0.1, 0.15) is 5.75 Å². The normalized spacial score (nSPS) is 10.4. The molecule has 2 N–H and O–H groups in total. The van der Waals surface area contributed by atoms with E-state index in [4.69, 9.17) is 33.7 Å². The van der Waals surface area contributed by atoms with Crippen LogP contribution in [0.15, 0.2) is 30.3 Å². The lowest BCUT2D eigenvalue weighted by Gasteiger charge is -2.12. The van der Waals surface area contributed by atoms with Crippen molar-refractivity contribution in [3.63, 3.8) is 0 Å². The SMILES string of the molecule is Cc1ccc(C)c(Oc2c(Cl)cc(N)cc2Cl)c1. The number of benzene rings is 2. The number of aryl methyl sites for hydroxylation is 2. The minimum atomic E-state index is 0.404. The highest BCUT2D eigenvalue weighted by Gasteiger charge is 2.11. The highest BCUT2D eigenvalue weighted by atomic mass is 35.5. The van der Waals surface area contributed by atoms with E-state index in [0.717, 1.165) is 16.9 Å². The van der Waals surface area contributed by atoms with Crippen LogP contribution in [0.1, 0.15) is 11.1 Å². The van der Waals surface area contributed by atoms with Crippen LogP contribution < -0.4 is 10.5 Å². The van der Waals surface area contributed by atoms with Crippen molar-refractivity contribution in [2.45, 2.75) is 13.8 Å². The maximum atomic E-state index is 6.09. The average Bonchev–Trinajstić information content (AvgIpc) is 2.28. The Morgan fingerprint density at radius 1 is 1.00 bits per heavy atom. The number of halogens is 2. The summed E-state index contributed by atoms with van der Waals surface area (Å²) in [7, 11) is 0. The van der Waals surface area contributed by atoms with Gasteiger partial charge in [0.15, 0.2) is 5.75 Å². The minimum Gasteiger partial charge on any atom is -0.454 e. The van der Waals surface area contributed by atoms with Gasteiger partial charge in [-0.15, -0.1) is 0 Å². The van der Waals surface area contributed by atoms with Crippen molar-refractivity contribution >= 4 is 28.9 Å². The van der Waals surface area contributed by atoms with Crippen LogP contribution in [-0.4, -0.2) is 0 Å². The fraction of sp³-hybridized carbons (Fsp3) is 0.143. The van der Waals surface area contributed by atoms with E-state index in [1.54, 1.807) is 12.1 Å². The average molecular weight is 282 g/mol. The standard InChI is InChI=1S/C14H13Cl2NO/c1-8-3-4-9(2)13(5-8)18-14-11(15)6-10(17)7-12(14)16/h3-7H,17H2,1-2H3. The summed E-state index contributed by atoms with van der Waals surface area (Å²) in [6, 6.07) is 9.19. The maximum Gasteiger partial charge on any atom is 0.164 e. The van der Waals surface area contributed by atoms with Gasteiger partial charge in [-0.3, -0.25) is 0 Å². The predicted octanol–water partition coefficient (Wildman–Crippen LogP) is 4.98. The summed E-state index contributed by atoms with van der Waals surface area (Å²) < 4.78 is 5.79. The quantitative estimate of drug-likeness (QED) is 0.788. The van der Waals surface area contributed by atoms with Crippen LogP contribution in [0.25, 0.3) is 0 Å². The lowest BCUT2D eigenvalue weighted by Crippen LogP contribution is -1.92. The number of hydrogen-bond donors (Lipinski definition) is 1. The highest BCUT2D eigenvalue weighted by molar-refractivity contribution is 6.37. The zero-order valence-electron chi connectivity index (χ0n) is 10.1. The first kappa shape index (κ1) is 13.1. The number of nitrogens with two attached hydrogens (primary N) is 1. The summed E-state index contributed by atoms with van der Waals surface area (Å²) >= 11 is 12.2. The first-order valence-electron chi connectivity index (χ1n) is 5.47. The second kappa shape index (κ2) is 5.09. The molecule has 4 heteroatoms. The molecular weight excluding hydrogens is 269 g/mol. The van der Waals surface area contributed by atoms with E-state index in [1.165, 1.54) is 0 Å². The van der Waals surface area contributed by atoms with Crippen molar-refractivity contribution in [1.29, 1.82) is 0 Å². The van der Waals surface area contributed by atoms with Gasteiger partial charge in [-0.2, -0.15) is 0 Å². The zero-order chi connectivity index (χ0) is 13.3. The second-order valence-corrected chi connectivity index (χ2v) is 5.00. The van der Waals surface area contributed by atoms with Crippen LogP contribution in [-0.2, 0) is 0 Å². The first-order chi connectivity index (χ1) is 8.47. The highest BCUT2D eigenvalue weighted by Crippen LogP contribution is 2.39. The molecule has 0 saturated carbocycles. The van der Waals surface area contributed by atoms with E-state index in [2.05, 4.69) is 0 Å². The Morgan fingerprint density at radius 3 is 2.22 bits per heavy atom. The third kappa shape index (κ3) is 2.71. The molecule has 0 atom stereocenters. The van der Waals surface area contributed by atoms with Crippen LogP contribution in [0.4, 0.5) is 5.69 Å². The summed E-state index contributed by atoms with van der Waals surface area (Å²) in [6.45, 7) is 3.96. The van der Waals surface area contributed by atoms with Crippen LogP contribution in [0.3, 0.4) is 0 Å². The van der Waals surface area contributed by atoms with Gasteiger partial charge in [-0.1, -0.05) is 35.3 Å². The lowest BCUT2D eigenvalue weighted by atomic mass is 10.1. The van der Waals surface area contributed by atoms with E-state index >= 15 is 0 Å². The summed E-state index contributed by atoms with van der Waals surface area (Å²) in [4.78, 5) is 0. The van der Waals surface area contributed by atoms with Gasteiger partial charge < -0.3 is 10.5 Å². The van der Waals surface area contributed by atoms with Gasteiger partial charge in [0.2, 0.25) is 0 Å². The molecule has 0 fully saturated rings. The van der Waals surface area contributed by atoms with E-state index in [9.17, 15) is 0 Å². The van der Waals surface area contributed by atoms with Gasteiger partial charge in [-0.05, 0) is 43.2 Å². The smallest absolute Gasteiger partial charge is 0.164 e. The van der Waals surface area contributed by atoms with E-state index in [1.807, 2.05) is 32.0 Å². The Bertz CT molecular complexity index is 573. The van der Waals surface area contributed by atoms with Gasteiger partial charge in [-0.25, -0.2) is 0 Å². The van der Waals surface area contributed by atoms with Crippen molar-refractivity contribution in [2.24, 2.45) is 0 Å². The van der Waals surface area contributed by atoms with Crippen molar-refractivity contribution < 1.29 is 4.74 Å². The molecule has 0 aliphatic carbocycles. The summed E-state index contributed by atoms with van der Waals surface area (Å²) in [5.74, 6) is 1.17. The van der Waals surface area contributed by atoms with Crippen molar-refractivity contribution in [3.8, 4) is 11.5 Å². The molecule has 0 unspecified atom stereocenters. The minimum absolute atomic E-state index is 0.404. The molecule has 0 aromatic heterocycles. The monoisotopic (exact) mass is 281 g/mol. The van der Waals surface area contributed by atoms with Crippen LogP contribution in [0, 0.1) is 13.8 Å². The van der Waals surface area contributed by atoms with Gasteiger partial charge in [0.05, 0.1) is 10.0 Å². The summed E-state index contributed by atoms with van der Waals surface area (Å²) in [5.41, 5.74) is 8.29. The third-order valence-corrected chi connectivity index (χ3v) is 3.14. The van der Waals surface area contributed by atoms with Crippen LogP contribution in [0.2, 0.25) is 10.0 Å². The molecular formula is C14H13Cl2NO. The Hall–Kier alpha value is -1.38. The predicted molar refractivity (Wildman–Crippen MR) is 76.9 cm³/mol. The Labute approximate surface area is 116 Å². The van der Waals surface area contributed by atoms with E-state index in [-0.39, 0.29) is 0 Å². The van der Waals surface area contributed by atoms with Gasteiger partial charge >= 0.3 is 0 Å². The van der Waals surface area contributed by atoms with Gasteiger partial charge in [0.25, 0.3) is 0 Å². The topological polar surface area (TPSA) is 35.2 Å². The van der Waals surface area contributed by atoms with E-state index in [0.29, 0.717) is 21.5 Å². The molecule has 0 aliphatic heterocycles. The molecule has 0 radical (unpaired) electrons. The maximum absolute atomic E-state index is 6.09. The number of anilines is 1. The molecule has 94 valence electrons. The molecule has 0 heterocycles. The largest absolute Gasteiger partial charge is 0.454 e. The molecule has 0 spiro atoms. The molecule has 0 bridgehead atoms. The van der Waals surface area contributed by atoms with Crippen molar-refractivity contribution in [2.75, 3.05) is 5.73 Å². The van der Waals surface area contributed by atoms with Crippen molar-refractivity contribution in [3.05, 3.63) is 51.5 Å². The molecule has 2 aromatic carbocycles. The Kier molecular flexibility index (Phi) is 3.69. The van der Waals surface area contributed by atoms with Crippen LogP contribution >= 0.6 is 23.2 Å².